The van der Waals surface area contributed by atoms with E-state index in [1.807, 2.05) is 6.07 Å². The van der Waals surface area contributed by atoms with Crippen LogP contribution in [0.4, 0.5) is 4.39 Å². The van der Waals surface area contributed by atoms with Crippen LogP contribution in [0.5, 0.6) is 0 Å². The van der Waals surface area contributed by atoms with Crippen LogP contribution >= 0.6 is 0 Å². The second kappa shape index (κ2) is 5.34. The van der Waals surface area contributed by atoms with Gasteiger partial charge in [0.2, 0.25) is 0 Å². The Morgan fingerprint density at radius 3 is 2.72 bits per heavy atom. The number of rotatable bonds is 6. The van der Waals surface area contributed by atoms with Crippen molar-refractivity contribution in [2.75, 3.05) is 19.8 Å². The number of hydrogen-bond acceptors (Lipinski definition) is 3. The molecule has 1 saturated heterocycles. The molecule has 0 amide bonds. The van der Waals surface area contributed by atoms with Crippen molar-refractivity contribution in [3.8, 4) is 0 Å². The highest BCUT2D eigenvalue weighted by Crippen LogP contribution is 2.26. The minimum atomic E-state index is -0.222. The van der Waals surface area contributed by atoms with Gasteiger partial charge in [0, 0.05) is 18.2 Å². The maximum atomic E-state index is 13.8. The van der Waals surface area contributed by atoms with E-state index in [1.54, 1.807) is 12.1 Å². The summed E-state index contributed by atoms with van der Waals surface area (Å²) in [6.07, 6.45) is 2.32. The van der Waals surface area contributed by atoms with Gasteiger partial charge in [0.1, 0.15) is 11.9 Å². The van der Waals surface area contributed by atoms with Gasteiger partial charge in [0.25, 0.3) is 0 Å². The molecule has 0 radical (unpaired) electrons. The molecular formula is C14H18FNO2. The highest BCUT2D eigenvalue weighted by atomic mass is 19.1. The SMILES string of the molecule is Fc1ccccc1C(CNC1CC1)OC1COC1. The maximum absolute atomic E-state index is 13.8. The zero-order valence-corrected chi connectivity index (χ0v) is 10.3. The van der Waals surface area contributed by atoms with Gasteiger partial charge in [-0.15, -0.1) is 0 Å². The Kier molecular flexibility index (Phi) is 3.59. The molecule has 98 valence electrons. The fourth-order valence-electron chi connectivity index (χ4n) is 2.05. The summed E-state index contributed by atoms with van der Waals surface area (Å²) in [7, 11) is 0. The molecular weight excluding hydrogens is 233 g/mol. The molecule has 1 aromatic carbocycles. The largest absolute Gasteiger partial charge is 0.376 e. The summed E-state index contributed by atoms with van der Waals surface area (Å²) in [5.41, 5.74) is 0.637. The molecule has 3 nitrogen and oxygen atoms in total. The number of hydrogen-bond donors (Lipinski definition) is 1. The van der Waals surface area contributed by atoms with Crippen molar-refractivity contribution < 1.29 is 13.9 Å². The number of halogens is 1. The van der Waals surface area contributed by atoms with Gasteiger partial charge in [0.15, 0.2) is 0 Å². The van der Waals surface area contributed by atoms with Crippen molar-refractivity contribution in [2.45, 2.75) is 31.1 Å². The summed E-state index contributed by atoms with van der Waals surface area (Å²) in [6.45, 7) is 1.91. The summed E-state index contributed by atoms with van der Waals surface area (Å²) in [6, 6.07) is 7.44. The van der Waals surface area contributed by atoms with E-state index in [0.717, 1.165) is 0 Å². The third kappa shape index (κ3) is 2.88. The molecule has 4 heteroatoms. The lowest BCUT2D eigenvalue weighted by Gasteiger charge is -2.31. The molecule has 3 rings (SSSR count). The van der Waals surface area contributed by atoms with Gasteiger partial charge in [-0.25, -0.2) is 4.39 Å². The lowest BCUT2D eigenvalue weighted by molar-refractivity contribution is -0.155. The lowest BCUT2D eigenvalue weighted by Crippen LogP contribution is -2.39. The molecule has 2 aliphatic rings. The Balaban J connectivity index is 1.67. The van der Waals surface area contributed by atoms with Crippen LogP contribution in [-0.2, 0) is 9.47 Å². The number of nitrogens with one attached hydrogen (secondary N) is 1. The van der Waals surface area contributed by atoms with E-state index < -0.39 is 0 Å². The average Bonchev–Trinajstić information content (AvgIpc) is 3.12. The number of ether oxygens (including phenoxy) is 2. The quantitative estimate of drug-likeness (QED) is 0.839. The first-order chi connectivity index (χ1) is 8.83. The average molecular weight is 251 g/mol. The summed E-state index contributed by atoms with van der Waals surface area (Å²) >= 11 is 0. The van der Waals surface area contributed by atoms with Gasteiger partial charge in [-0.2, -0.15) is 0 Å². The first kappa shape index (κ1) is 12.1. The maximum Gasteiger partial charge on any atom is 0.129 e. The van der Waals surface area contributed by atoms with Gasteiger partial charge in [-0.1, -0.05) is 18.2 Å². The summed E-state index contributed by atoms with van der Waals surface area (Å²) in [5.74, 6) is -0.194. The molecule has 1 unspecified atom stereocenters. The summed E-state index contributed by atoms with van der Waals surface area (Å²) in [4.78, 5) is 0. The molecule has 1 atom stereocenters. The molecule has 1 aliphatic carbocycles. The van der Waals surface area contributed by atoms with Crippen molar-refractivity contribution in [2.24, 2.45) is 0 Å². The molecule has 0 bridgehead atoms. The molecule has 0 aromatic heterocycles. The van der Waals surface area contributed by atoms with Crippen LogP contribution in [0, 0.1) is 5.82 Å². The van der Waals surface area contributed by atoms with Crippen molar-refractivity contribution in [3.63, 3.8) is 0 Å². The Morgan fingerprint density at radius 1 is 1.33 bits per heavy atom. The van der Waals surface area contributed by atoms with E-state index >= 15 is 0 Å². The molecule has 1 saturated carbocycles. The van der Waals surface area contributed by atoms with Crippen molar-refractivity contribution in [1.82, 2.24) is 5.32 Å². The fraction of sp³-hybridized carbons (Fsp3) is 0.571. The smallest absolute Gasteiger partial charge is 0.129 e. The summed E-state index contributed by atoms with van der Waals surface area (Å²) < 4.78 is 24.8. The predicted octanol–water partition coefficient (Wildman–Crippen LogP) is 2.03. The van der Waals surface area contributed by atoms with Crippen LogP contribution in [0.2, 0.25) is 0 Å². The van der Waals surface area contributed by atoms with Crippen LogP contribution < -0.4 is 5.32 Å². The minimum absolute atomic E-state index is 0.107. The van der Waals surface area contributed by atoms with Gasteiger partial charge in [0.05, 0.1) is 19.3 Å². The van der Waals surface area contributed by atoms with Gasteiger partial charge in [-0.05, 0) is 18.9 Å². The molecule has 1 aliphatic heterocycles. The van der Waals surface area contributed by atoms with Crippen molar-refractivity contribution >= 4 is 0 Å². The minimum Gasteiger partial charge on any atom is -0.376 e. The molecule has 0 spiro atoms. The predicted molar refractivity (Wildman–Crippen MR) is 65.9 cm³/mol. The van der Waals surface area contributed by atoms with Crippen molar-refractivity contribution in [3.05, 3.63) is 35.6 Å². The molecule has 1 aromatic rings. The second-order valence-electron chi connectivity index (χ2n) is 4.99. The fourth-order valence-corrected chi connectivity index (χ4v) is 2.05. The van der Waals surface area contributed by atoms with Crippen molar-refractivity contribution in [1.29, 1.82) is 0 Å². The van der Waals surface area contributed by atoms with E-state index in [-0.39, 0.29) is 18.0 Å². The van der Waals surface area contributed by atoms with Crippen LogP contribution in [0.1, 0.15) is 24.5 Å². The Morgan fingerprint density at radius 2 is 2.11 bits per heavy atom. The third-order valence-electron chi connectivity index (χ3n) is 3.39. The van der Waals surface area contributed by atoms with Gasteiger partial charge in [-0.3, -0.25) is 0 Å². The Bertz CT molecular complexity index is 405. The molecule has 18 heavy (non-hydrogen) atoms. The van der Waals surface area contributed by atoms with E-state index in [4.69, 9.17) is 9.47 Å². The number of benzene rings is 1. The van der Waals surface area contributed by atoms with E-state index in [1.165, 1.54) is 18.9 Å². The molecule has 1 heterocycles. The standard InChI is InChI=1S/C14H18FNO2/c15-13-4-2-1-3-12(13)14(7-16-10-5-6-10)18-11-8-17-9-11/h1-4,10-11,14,16H,5-9H2. The van der Waals surface area contributed by atoms with Gasteiger partial charge >= 0.3 is 0 Å². The van der Waals surface area contributed by atoms with E-state index in [0.29, 0.717) is 31.4 Å². The van der Waals surface area contributed by atoms with Crippen LogP contribution in [0.25, 0.3) is 0 Å². The Hall–Kier alpha value is -0.970. The van der Waals surface area contributed by atoms with Crippen LogP contribution in [0.3, 0.4) is 0 Å². The lowest BCUT2D eigenvalue weighted by atomic mass is 10.1. The van der Waals surface area contributed by atoms with Crippen LogP contribution in [-0.4, -0.2) is 31.9 Å². The second-order valence-corrected chi connectivity index (χ2v) is 4.99. The monoisotopic (exact) mass is 251 g/mol. The zero-order chi connectivity index (χ0) is 12.4. The Labute approximate surface area is 106 Å². The highest BCUT2D eigenvalue weighted by Gasteiger charge is 2.28. The van der Waals surface area contributed by atoms with Gasteiger partial charge < -0.3 is 14.8 Å². The third-order valence-corrected chi connectivity index (χ3v) is 3.39. The normalized spacial score (nSPS) is 21.6. The zero-order valence-electron chi connectivity index (χ0n) is 10.3. The first-order valence-corrected chi connectivity index (χ1v) is 6.54. The summed E-state index contributed by atoms with van der Waals surface area (Å²) in [5, 5.41) is 3.40. The van der Waals surface area contributed by atoms with E-state index in [2.05, 4.69) is 5.32 Å². The van der Waals surface area contributed by atoms with E-state index in [9.17, 15) is 4.39 Å². The molecule has 2 fully saturated rings. The first-order valence-electron chi connectivity index (χ1n) is 6.54. The topological polar surface area (TPSA) is 30.5 Å². The van der Waals surface area contributed by atoms with Crippen LogP contribution in [0.15, 0.2) is 24.3 Å². The highest BCUT2D eigenvalue weighted by molar-refractivity contribution is 5.20. The molecule has 1 N–H and O–H groups in total.